The van der Waals surface area contributed by atoms with E-state index >= 15 is 0 Å². The number of nitrogen functional groups attached to an aromatic ring is 1. The minimum atomic E-state index is -0.139. The molecule has 1 amide bonds. The summed E-state index contributed by atoms with van der Waals surface area (Å²) in [5, 5.41) is 7.18. The molecule has 0 saturated carbocycles. The SMILES string of the molecule is CCc1nn(C)c(C(=O)NCCCCN(C)C(C)C)c1N. The molecule has 0 aliphatic rings. The summed E-state index contributed by atoms with van der Waals surface area (Å²) in [4.78, 5) is 14.5. The molecular weight excluding hydrogens is 266 g/mol. The molecule has 120 valence electrons. The molecule has 6 heteroatoms. The Labute approximate surface area is 127 Å². The van der Waals surface area contributed by atoms with Crippen LogP contribution in [0.15, 0.2) is 0 Å². The van der Waals surface area contributed by atoms with Crippen LogP contribution in [0.5, 0.6) is 0 Å². The van der Waals surface area contributed by atoms with Crippen LogP contribution in [0, 0.1) is 0 Å². The van der Waals surface area contributed by atoms with Crippen LogP contribution in [0.3, 0.4) is 0 Å². The normalized spacial score (nSPS) is 11.4. The maximum Gasteiger partial charge on any atom is 0.271 e. The number of hydrogen-bond acceptors (Lipinski definition) is 4. The molecule has 21 heavy (non-hydrogen) atoms. The molecule has 0 saturated heterocycles. The minimum absolute atomic E-state index is 0.139. The molecule has 1 heterocycles. The van der Waals surface area contributed by atoms with Crippen LogP contribution in [0.2, 0.25) is 0 Å². The second-order valence-electron chi connectivity index (χ2n) is 5.72. The van der Waals surface area contributed by atoms with Crippen molar-refractivity contribution < 1.29 is 4.79 Å². The van der Waals surface area contributed by atoms with Crippen molar-refractivity contribution in [3.05, 3.63) is 11.4 Å². The highest BCUT2D eigenvalue weighted by molar-refractivity contribution is 5.97. The van der Waals surface area contributed by atoms with Crippen LogP contribution in [0.4, 0.5) is 5.69 Å². The zero-order valence-corrected chi connectivity index (χ0v) is 13.9. The fourth-order valence-corrected chi connectivity index (χ4v) is 2.16. The van der Waals surface area contributed by atoms with Gasteiger partial charge in [0.15, 0.2) is 0 Å². The van der Waals surface area contributed by atoms with Crippen molar-refractivity contribution in [2.45, 2.75) is 46.1 Å². The predicted octanol–water partition coefficient (Wildman–Crippen LogP) is 1.41. The zero-order valence-electron chi connectivity index (χ0n) is 13.9. The number of carbonyl (C=O) groups is 1. The van der Waals surface area contributed by atoms with Crippen molar-refractivity contribution in [3.63, 3.8) is 0 Å². The van der Waals surface area contributed by atoms with Crippen LogP contribution in [0.1, 0.15) is 49.8 Å². The van der Waals surface area contributed by atoms with Gasteiger partial charge in [0, 0.05) is 19.6 Å². The highest BCUT2D eigenvalue weighted by Gasteiger charge is 2.18. The van der Waals surface area contributed by atoms with Gasteiger partial charge in [0.1, 0.15) is 5.69 Å². The molecule has 0 aromatic carbocycles. The molecule has 6 nitrogen and oxygen atoms in total. The van der Waals surface area contributed by atoms with Gasteiger partial charge in [-0.1, -0.05) is 6.92 Å². The average Bonchev–Trinajstić information content (AvgIpc) is 2.72. The molecular formula is C15H29N5O. The van der Waals surface area contributed by atoms with E-state index < -0.39 is 0 Å². The summed E-state index contributed by atoms with van der Waals surface area (Å²) in [6, 6.07) is 0.557. The van der Waals surface area contributed by atoms with Crippen LogP contribution < -0.4 is 11.1 Å². The zero-order chi connectivity index (χ0) is 16.0. The van der Waals surface area contributed by atoms with Crippen molar-refractivity contribution in [1.29, 1.82) is 0 Å². The standard InChI is InChI=1S/C15H29N5O/c1-6-12-13(16)14(20(5)18-12)15(21)17-9-7-8-10-19(4)11(2)3/h11H,6-10,16H2,1-5H3,(H,17,21). The van der Waals surface area contributed by atoms with E-state index in [0.717, 1.165) is 31.5 Å². The van der Waals surface area contributed by atoms with E-state index in [0.29, 0.717) is 24.0 Å². The average molecular weight is 295 g/mol. The Hall–Kier alpha value is -1.56. The molecule has 0 aliphatic heterocycles. The summed E-state index contributed by atoms with van der Waals surface area (Å²) >= 11 is 0. The largest absolute Gasteiger partial charge is 0.395 e. The number of hydrogen-bond donors (Lipinski definition) is 2. The number of aromatic nitrogens is 2. The lowest BCUT2D eigenvalue weighted by Gasteiger charge is -2.20. The summed E-state index contributed by atoms with van der Waals surface area (Å²) in [5.74, 6) is -0.139. The number of amides is 1. The second kappa shape index (κ2) is 8.02. The number of aryl methyl sites for hydroxylation is 2. The van der Waals surface area contributed by atoms with Crippen molar-refractivity contribution in [2.75, 3.05) is 25.9 Å². The van der Waals surface area contributed by atoms with Gasteiger partial charge in [-0.3, -0.25) is 9.48 Å². The Bertz CT molecular complexity index is 467. The van der Waals surface area contributed by atoms with Crippen LogP contribution in [-0.2, 0) is 13.5 Å². The minimum Gasteiger partial charge on any atom is -0.395 e. The third-order valence-electron chi connectivity index (χ3n) is 3.82. The number of nitrogens with one attached hydrogen (secondary N) is 1. The topological polar surface area (TPSA) is 76.2 Å². The maximum absolute atomic E-state index is 12.2. The summed E-state index contributed by atoms with van der Waals surface area (Å²) in [6.07, 6.45) is 2.76. The van der Waals surface area contributed by atoms with E-state index in [1.165, 1.54) is 0 Å². The molecule has 0 bridgehead atoms. The van der Waals surface area contributed by atoms with Gasteiger partial charge in [-0.2, -0.15) is 5.10 Å². The van der Waals surface area contributed by atoms with Gasteiger partial charge in [0.25, 0.3) is 5.91 Å². The first kappa shape index (κ1) is 17.5. The highest BCUT2D eigenvalue weighted by atomic mass is 16.2. The lowest BCUT2D eigenvalue weighted by molar-refractivity contribution is 0.0944. The smallest absolute Gasteiger partial charge is 0.271 e. The number of rotatable bonds is 8. The summed E-state index contributed by atoms with van der Waals surface area (Å²) in [7, 11) is 3.87. The quantitative estimate of drug-likeness (QED) is 0.711. The lowest BCUT2D eigenvalue weighted by Crippen LogP contribution is -2.30. The number of anilines is 1. The van der Waals surface area contributed by atoms with Crippen LogP contribution >= 0.6 is 0 Å². The van der Waals surface area contributed by atoms with E-state index in [9.17, 15) is 4.79 Å². The number of unbranched alkanes of at least 4 members (excludes halogenated alkanes) is 1. The lowest BCUT2D eigenvalue weighted by atomic mass is 10.2. The Morgan fingerprint density at radius 1 is 1.43 bits per heavy atom. The summed E-state index contributed by atoms with van der Waals surface area (Å²) in [6.45, 7) is 8.04. The van der Waals surface area contributed by atoms with E-state index in [1.807, 2.05) is 6.92 Å². The fraction of sp³-hybridized carbons (Fsp3) is 0.733. The second-order valence-corrected chi connectivity index (χ2v) is 5.72. The van der Waals surface area contributed by atoms with Gasteiger partial charge in [-0.25, -0.2) is 0 Å². The van der Waals surface area contributed by atoms with Crippen LogP contribution in [0.25, 0.3) is 0 Å². The van der Waals surface area contributed by atoms with Gasteiger partial charge < -0.3 is 16.0 Å². The summed E-state index contributed by atoms with van der Waals surface area (Å²) in [5.41, 5.74) is 7.71. The maximum atomic E-state index is 12.2. The fourth-order valence-electron chi connectivity index (χ4n) is 2.16. The number of carbonyl (C=O) groups excluding carboxylic acids is 1. The van der Waals surface area contributed by atoms with Crippen molar-refractivity contribution in [1.82, 2.24) is 20.0 Å². The first-order valence-corrected chi connectivity index (χ1v) is 7.68. The van der Waals surface area contributed by atoms with E-state index in [2.05, 4.69) is 36.2 Å². The molecule has 0 radical (unpaired) electrons. The van der Waals surface area contributed by atoms with Gasteiger partial charge >= 0.3 is 0 Å². The number of nitrogens with two attached hydrogens (primary N) is 1. The van der Waals surface area contributed by atoms with Gasteiger partial charge in [0.05, 0.1) is 11.4 Å². The highest BCUT2D eigenvalue weighted by Crippen LogP contribution is 2.16. The van der Waals surface area contributed by atoms with Gasteiger partial charge in [-0.05, 0) is 46.7 Å². The molecule has 3 N–H and O–H groups in total. The Balaban J connectivity index is 2.40. The van der Waals surface area contributed by atoms with Crippen molar-refractivity contribution in [3.8, 4) is 0 Å². The third kappa shape index (κ3) is 4.74. The first-order chi connectivity index (χ1) is 9.88. The molecule has 0 fully saturated rings. The monoisotopic (exact) mass is 295 g/mol. The Kier molecular flexibility index (Phi) is 6.68. The van der Waals surface area contributed by atoms with Gasteiger partial charge in [-0.15, -0.1) is 0 Å². The van der Waals surface area contributed by atoms with Crippen molar-refractivity contribution in [2.24, 2.45) is 7.05 Å². The molecule has 1 aromatic heterocycles. The first-order valence-electron chi connectivity index (χ1n) is 7.68. The Morgan fingerprint density at radius 3 is 2.62 bits per heavy atom. The molecule has 1 rings (SSSR count). The van der Waals surface area contributed by atoms with E-state index in [-0.39, 0.29) is 5.91 Å². The molecule has 0 unspecified atom stereocenters. The molecule has 0 atom stereocenters. The predicted molar refractivity (Wildman–Crippen MR) is 86.3 cm³/mol. The molecule has 0 aliphatic carbocycles. The number of nitrogens with zero attached hydrogens (tertiary/aromatic N) is 3. The summed E-state index contributed by atoms with van der Waals surface area (Å²) < 4.78 is 1.57. The molecule has 1 aromatic rings. The van der Waals surface area contributed by atoms with Crippen molar-refractivity contribution >= 4 is 11.6 Å². The molecule has 0 spiro atoms. The van der Waals surface area contributed by atoms with E-state index in [4.69, 9.17) is 5.73 Å². The Morgan fingerprint density at radius 2 is 2.10 bits per heavy atom. The van der Waals surface area contributed by atoms with Gasteiger partial charge in [0.2, 0.25) is 0 Å². The van der Waals surface area contributed by atoms with Crippen LogP contribution in [-0.4, -0.2) is 46.8 Å². The van der Waals surface area contributed by atoms with E-state index in [1.54, 1.807) is 11.7 Å². The third-order valence-corrected chi connectivity index (χ3v) is 3.82.